The third-order valence-corrected chi connectivity index (χ3v) is 4.27. The van der Waals surface area contributed by atoms with Crippen molar-refractivity contribution in [3.63, 3.8) is 0 Å². The molecule has 0 aliphatic heterocycles. The molecule has 1 atom stereocenters. The number of carbonyl (C=O) groups excluding carboxylic acids is 1. The minimum Gasteiger partial charge on any atom is -0.459 e. The van der Waals surface area contributed by atoms with E-state index >= 15 is 0 Å². The standard InChI is InChI=1S/C10H17FO5S/c1-2-10(11,17(13,14)15)9(12)16-8-6-4-3-5-7-8/h8H,2-7H2,1H3,(H,13,14,15). The number of hydrogen-bond acceptors (Lipinski definition) is 4. The van der Waals surface area contributed by atoms with Gasteiger partial charge >= 0.3 is 21.1 Å². The van der Waals surface area contributed by atoms with E-state index in [1.54, 1.807) is 0 Å². The fourth-order valence-corrected chi connectivity index (χ4v) is 2.48. The topological polar surface area (TPSA) is 80.7 Å². The Hall–Kier alpha value is -0.690. The molecule has 1 saturated carbocycles. The molecule has 1 N–H and O–H groups in total. The maximum absolute atomic E-state index is 13.9. The van der Waals surface area contributed by atoms with E-state index in [0.29, 0.717) is 12.8 Å². The second-order valence-electron chi connectivity index (χ2n) is 4.22. The van der Waals surface area contributed by atoms with E-state index in [1.165, 1.54) is 0 Å². The van der Waals surface area contributed by atoms with Crippen LogP contribution in [0.25, 0.3) is 0 Å². The van der Waals surface area contributed by atoms with Crippen LogP contribution in [0.3, 0.4) is 0 Å². The lowest BCUT2D eigenvalue weighted by molar-refractivity contribution is -0.159. The summed E-state index contributed by atoms with van der Waals surface area (Å²) in [4.78, 5) is 11.5. The van der Waals surface area contributed by atoms with Crippen molar-refractivity contribution in [3.05, 3.63) is 0 Å². The number of alkyl halides is 1. The number of hydrogen-bond donors (Lipinski definition) is 1. The van der Waals surface area contributed by atoms with E-state index in [2.05, 4.69) is 0 Å². The van der Waals surface area contributed by atoms with Crippen molar-refractivity contribution in [2.24, 2.45) is 0 Å². The Labute approximate surface area is 100 Å². The predicted octanol–water partition coefficient (Wildman–Crippen LogP) is 1.83. The first-order chi connectivity index (χ1) is 7.81. The van der Waals surface area contributed by atoms with Gasteiger partial charge in [0.15, 0.2) is 0 Å². The van der Waals surface area contributed by atoms with Crippen LogP contribution in [0.15, 0.2) is 0 Å². The molecule has 0 amide bonds. The van der Waals surface area contributed by atoms with E-state index in [4.69, 9.17) is 9.29 Å². The summed E-state index contributed by atoms with van der Waals surface area (Å²) in [6.07, 6.45) is 2.87. The quantitative estimate of drug-likeness (QED) is 0.621. The number of halogens is 1. The average Bonchev–Trinajstić information content (AvgIpc) is 2.27. The van der Waals surface area contributed by atoms with E-state index < -0.39 is 33.6 Å². The van der Waals surface area contributed by atoms with Gasteiger partial charge in [-0.25, -0.2) is 9.18 Å². The second kappa shape index (κ2) is 5.30. The van der Waals surface area contributed by atoms with Gasteiger partial charge in [-0.15, -0.1) is 0 Å². The highest BCUT2D eigenvalue weighted by Gasteiger charge is 2.52. The Morgan fingerprint density at radius 3 is 2.35 bits per heavy atom. The zero-order valence-electron chi connectivity index (χ0n) is 9.69. The van der Waals surface area contributed by atoms with E-state index in [0.717, 1.165) is 26.2 Å². The first kappa shape index (κ1) is 14.4. The van der Waals surface area contributed by atoms with Crippen LogP contribution in [0.2, 0.25) is 0 Å². The molecule has 0 heterocycles. The molecular weight excluding hydrogens is 251 g/mol. The highest BCUT2D eigenvalue weighted by atomic mass is 32.2. The van der Waals surface area contributed by atoms with Crippen LogP contribution in [0.1, 0.15) is 45.4 Å². The van der Waals surface area contributed by atoms with Crippen LogP contribution in [0.4, 0.5) is 4.39 Å². The Bertz CT molecular complexity index is 374. The van der Waals surface area contributed by atoms with Crippen molar-refractivity contribution < 1.29 is 26.9 Å². The van der Waals surface area contributed by atoms with Gasteiger partial charge in [0.25, 0.3) is 0 Å². The Morgan fingerprint density at radius 2 is 1.94 bits per heavy atom. The lowest BCUT2D eigenvalue weighted by atomic mass is 9.98. The van der Waals surface area contributed by atoms with Gasteiger partial charge in [0, 0.05) is 6.42 Å². The minimum atomic E-state index is -5.11. The maximum Gasteiger partial charge on any atom is 0.362 e. The molecule has 1 aliphatic rings. The summed E-state index contributed by atoms with van der Waals surface area (Å²) < 4.78 is 49.1. The van der Waals surface area contributed by atoms with Crippen molar-refractivity contribution in [1.82, 2.24) is 0 Å². The summed E-state index contributed by atoms with van der Waals surface area (Å²) in [5, 5.41) is -3.34. The van der Waals surface area contributed by atoms with Crippen LogP contribution in [-0.4, -0.2) is 30.0 Å². The van der Waals surface area contributed by atoms with Gasteiger partial charge in [0.05, 0.1) is 0 Å². The highest BCUT2D eigenvalue weighted by molar-refractivity contribution is 7.87. The summed E-state index contributed by atoms with van der Waals surface area (Å²) in [5.41, 5.74) is 0. The highest BCUT2D eigenvalue weighted by Crippen LogP contribution is 2.28. The van der Waals surface area contributed by atoms with Crippen LogP contribution < -0.4 is 0 Å². The first-order valence-electron chi connectivity index (χ1n) is 5.68. The van der Waals surface area contributed by atoms with Crippen molar-refractivity contribution in [3.8, 4) is 0 Å². The van der Waals surface area contributed by atoms with E-state index in [1.807, 2.05) is 0 Å². The average molecular weight is 268 g/mol. The molecule has 1 fully saturated rings. The lowest BCUT2D eigenvalue weighted by Crippen LogP contribution is -2.44. The number of rotatable bonds is 4. The minimum absolute atomic E-state index is 0.445. The molecule has 0 aromatic heterocycles. The van der Waals surface area contributed by atoms with Gasteiger partial charge < -0.3 is 4.74 Å². The molecule has 1 rings (SSSR count). The molecule has 1 aliphatic carbocycles. The second-order valence-corrected chi connectivity index (χ2v) is 5.82. The molecule has 0 spiro atoms. The molecule has 1 unspecified atom stereocenters. The van der Waals surface area contributed by atoms with Crippen LogP contribution in [-0.2, 0) is 19.6 Å². The monoisotopic (exact) mass is 268 g/mol. The summed E-state index contributed by atoms with van der Waals surface area (Å²) in [6.45, 7) is 1.16. The molecule has 0 saturated heterocycles. The molecule has 5 nitrogen and oxygen atoms in total. The van der Waals surface area contributed by atoms with Gasteiger partial charge in [-0.05, 0) is 25.7 Å². The molecule has 0 aromatic rings. The van der Waals surface area contributed by atoms with Gasteiger partial charge in [-0.2, -0.15) is 8.42 Å². The smallest absolute Gasteiger partial charge is 0.362 e. The first-order valence-corrected chi connectivity index (χ1v) is 7.12. The fourth-order valence-electron chi connectivity index (χ4n) is 1.85. The van der Waals surface area contributed by atoms with Crippen LogP contribution in [0, 0.1) is 0 Å². The van der Waals surface area contributed by atoms with Crippen molar-refractivity contribution >= 4 is 16.1 Å². The molecule has 7 heteroatoms. The van der Waals surface area contributed by atoms with Crippen molar-refractivity contribution in [1.29, 1.82) is 0 Å². The third-order valence-electron chi connectivity index (χ3n) is 2.99. The summed E-state index contributed by atoms with van der Waals surface area (Å²) in [6, 6.07) is 0. The van der Waals surface area contributed by atoms with Crippen LogP contribution >= 0.6 is 0 Å². The summed E-state index contributed by atoms with van der Waals surface area (Å²) in [7, 11) is -5.11. The fraction of sp³-hybridized carbons (Fsp3) is 0.900. The largest absolute Gasteiger partial charge is 0.459 e. The molecule has 0 aromatic carbocycles. The Morgan fingerprint density at radius 1 is 1.41 bits per heavy atom. The Kier molecular flexibility index (Phi) is 4.48. The number of ether oxygens (including phenoxy) is 1. The maximum atomic E-state index is 13.9. The third kappa shape index (κ3) is 3.16. The van der Waals surface area contributed by atoms with Crippen molar-refractivity contribution in [2.45, 2.75) is 56.6 Å². The van der Waals surface area contributed by atoms with E-state index in [9.17, 15) is 17.6 Å². The molecule has 0 bridgehead atoms. The molecular formula is C10H17FO5S. The van der Waals surface area contributed by atoms with Gasteiger partial charge in [-0.3, -0.25) is 4.55 Å². The molecule has 100 valence electrons. The molecule has 17 heavy (non-hydrogen) atoms. The Balaban J connectivity index is 2.73. The molecule has 0 radical (unpaired) electrons. The van der Waals surface area contributed by atoms with Gasteiger partial charge in [0.1, 0.15) is 6.10 Å². The van der Waals surface area contributed by atoms with Crippen molar-refractivity contribution in [2.75, 3.05) is 0 Å². The number of carbonyl (C=O) groups is 1. The van der Waals surface area contributed by atoms with Crippen LogP contribution in [0.5, 0.6) is 0 Å². The predicted molar refractivity (Wildman–Crippen MR) is 58.6 cm³/mol. The number of esters is 1. The SMILES string of the molecule is CCC(F)(C(=O)OC1CCCCC1)S(=O)(=O)O. The normalized spacial score (nSPS) is 21.8. The van der Waals surface area contributed by atoms with Gasteiger partial charge in [-0.1, -0.05) is 13.3 Å². The lowest BCUT2D eigenvalue weighted by Gasteiger charge is -2.25. The van der Waals surface area contributed by atoms with E-state index in [-0.39, 0.29) is 0 Å². The zero-order chi connectivity index (χ0) is 13.1. The summed E-state index contributed by atoms with van der Waals surface area (Å²) >= 11 is 0. The zero-order valence-corrected chi connectivity index (χ0v) is 10.5. The summed E-state index contributed by atoms with van der Waals surface area (Å²) in [5.74, 6) is -1.51. The van der Waals surface area contributed by atoms with Gasteiger partial charge in [0.2, 0.25) is 0 Å².